The van der Waals surface area contributed by atoms with Crippen LogP contribution in [0.3, 0.4) is 0 Å². The van der Waals surface area contributed by atoms with E-state index in [0.29, 0.717) is 10.9 Å². The molecule has 0 amide bonds. The van der Waals surface area contributed by atoms with E-state index in [1.54, 1.807) is 6.92 Å². The summed E-state index contributed by atoms with van der Waals surface area (Å²) in [5.74, 6) is -0.779. The van der Waals surface area contributed by atoms with Crippen molar-refractivity contribution in [3.8, 4) is 11.3 Å². The van der Waals surface area contributed by atoms with Crippen LogP contribution in [0.5, 0.6) is 0 Å². The minimum atomic E-state index is -0.544. The SMILES string of the molecule is CCOC(=O)CC(=O)CSc1nc(-c2ccccc2)cc(=O)[nH]1. The highest BCUT2D eigenvalue weighted by Crippen LogP contribution is 2.18. The maximum atomic E-state index is 11.7. The van der Waals surface area contributed by atoms with Gasteiger partial charge in [0.2, 0.25) is 0 Å². The summed E-state index contributed by atoms with van der Waals surface area (Å²) in [5, 5.41) is 0.341. The highest BCUT2D eigenvalue weighted by molar-refractivity contribution is 7.99. The van der Waals surface area contributed by atoms with Gasteiger partial charge in [-0.2, -0.15) is 0 Å². The van der Waals surface area contributed by atoms with E-state index in [9.17, 15) is 14.4 Å². The van der Waals surface area contributed by atoms with Crippen molar-refractivity contribution >= 4 is 23.5 Å². The second-order valence-electron chi connectivity index (χ2n) is 4.61. The highest BCUT2D eigenvalue weighted by Gasteiger charge is 2.12. The molecule has 7 heteroatoms. The lowest BCUT2D eigenvalue weighted by Crippen LogP contribution is -2.14. The monoisotopic (exact) mass is 332 g/mol. The molecule has 120 valence electrons. The van der Waals surface area contributed by atoms with Crippen LogP contribution in [-0.2, 0) is 14.3 Å². The Morgan fingerprint density at radius 1 is 1.26 bits per heavy atom. The molecule has 2 rings (SSSR count). The van der Waals surface area contributed by atoms with Crippen molar-refractivity contribution in [1.29, 1.82) is 0 Å². The summed E-state index contributed by atoms with van der Waals surface area (Å²) in [7, 11) is 0. The Labute approximate surface area is 137 Å². The van der Waals surface area contributed by atoms with Crippen LogP contribution in [0, 0.1) is 0 Å². The van der Waals surface area contributed by atoms with Crippen molar-refractivity contribution in [2.24, 2.45) is 0 Å². The van der Waals surface area contributed by atoms with Gasteiger partial charge in [0.05, 0.1) is 18.1 Å². The summed E-state index contributed by atoms with van der Waals surface area (Å²) >= 11 is 1.09. The molecule has 0 saturated heterocycles. The lowest BCUT2D eigenvalue weighted by molar-refractivity contribution is -0.145. The van der Waals surface area contributed by atoms with Crippen molar-refractivity contribution in [3.63, 3.8) is 0 Å². The molecular formula is C16H16N2O4S. The van der Waals surface area contributed by atoms with Crippen LogP contribution in [0.2, 0.25) is 0 Å². The van der Waals surface area contributed by atoms with Gasteiger partial charge in [-0.3, -0.25) is 14.4 Å². The average molecular weight is 332 g/mol. The molecule has 0 aliphatic carbocycles. The number of aromatic amines is 1. The molecule has 2 aromatic rings. The van der Waals surface area contributed by atoms with Crippen molar-refractivity contribution in [2.45, 2.75) is 18.5 Å². The summed E-state index contributed by atoms with van der Waals surface area (Å²) in [5.41, 5.74) is 1.06. The van der Waals surface area contributed by atoms with Gasteiger partial charge in [-0.25, -0.2) is 4.98 Å². The van der Waals surface area contributed by atoms with E-state index < -0.39 is 5.97 Å². The lowest BCUT2D eigenvalue weighted by atomic mass is 10.1. The van der Waals surface area contributed by atoms with Crippen LogP contribution in [0.15, 0.2) is 46.3 Å². The first-order chi connectivity index (χ1) is 11.1. The molecule has 0 saturated carbocycles. The third-order valence-electron chi connectivity index (χ3n) is 2.81. The first kappa shape index (κ1) is 17.0. The zero-order chi connectivity index (χ0) is 16.7. The quantitative estimate of drug-likeness (QED) is 0.361. The number of nitrogens with one attached hydrogen (secondary N) is 1. The minimum Gasteiger partial charge on any atom is -0.466 e. The third kappa shape index (κ3) is 5.37. The normalized spacial score (nSPS) is 10.3. The Balaban J connectivity index is 2.04. The summed E-state index contributed by atoms with van der Waals surface area (Å²) in [6, 6.07) is 10.7. The number of esters is 1. The molecule has 1 heterocycles. The molecule has 1 aromatic heterocycles. The fraction of sp³-hybridized carbons (Fsp3) is 0.250. The molecule has 0 bridgehead atoms. The number of thioether (sulfide) groups is 1. The van der Waals surface area contributed by atoms with Crippen molar-refractivity contribution in [3.05, 3.63) is 46.8 Å². The van der Waals surface area contributed by atoms with Gasteiger partial charge < -0.3 is 9.72 Å². The fourth-order valence-electron chi connectivity index (χ4n) is 1.83. The number of rotatable bonds is 7. The molecule has 0 spiro atoms. The van der Waals surface area contributed by atoms with Crippen molar-refractivity contribution in [1.82, 2.24) is 9.97 Å². The van der Waals surface area contributed by atoms with E-state index in [1.165, 1.54) is 6.07 Å². The predicted molar refractivity (Wildman–Crippen MR) is 87.3 cm³/mol. The van der Waals surface area contributed by atoms with Crippen molar-refractivity contribution in [2.75, 3.05) is 12.4 Å². The maximum absolute atomic E-state index is 11.7. The largest absolute Gasteiger partial charge is 0.466 e. The summed E-state index contributed by atoms with van der Waals surface area (Å²) in [4.78, 5) is 41.6. The standard InChI is InChI=1S/C16H16N2O4S/c1-2-22-15(21)8-12(19)10-23-16-17-13(9-14(20)18-16)11-6-4-3-5-7-11/h3-7,9H,2,8,10H2,1H3,(H,17,18,20). The second kappa shape index (κ2) is 8.28. The number of hydrogen-bond acceptors (Lipinski definition) is 6. The number of Topliss-reactive ketones (excluding diaryl/α,β-unsaturated/α-hetero) is 1. The number of benzene rings is 1. The van der Waals surface area contributed by atoms with Crippen LogP contribution in [0.4, 0.5) is 0 Å². The predicted octanol–water partition coefficient (Wildman–Crippen LogP) is 2.05. The summed E-state index contributed by atoms with van der Waals surface area (Å²) in [6.45, 7) is 1.92. The topological polar surface area (TPSA) is 89.1 Å². The van der Waals surface area contributed by atoms with Gasteiger partial charge in [-0.15, -0.1) is 0 Å². The van der Waals surface area contributed by atoms with Gasteiger partial charge in [0.15, 0.2) is 10.9 Å². The van der Waals surface area contributed by atoms with Gasteiger partial charge in [-0.05, 0) is 6.92 Å². The first-order valence-corrected chi connectivity index (χ1v) is 8.04. The Bertz CT molecular complexity index is 743. The molecule has 6 nitrogen and oxygen atoms in total. The number of hydrogen-bond donors (Lipinski definition) is 1. The van der Waals surface area contributed by atoms with Gasteiger partial charge in [0.1, 0.15) is 6.42 Å². The fourth-order valence-corrected chi connectivity index (χ4v) is 2.57. The number of carbonyl (C=O) groups is 2. The minimum absolute atomic E-state index is 0.0417. The number of carbonyl (C=O) groups excluding carboxylic acids is 2. The number of H-pyrrole nitrogens is 1. The van der Waals surface area contributed by atoms with E-state index in [4.69, 9.17) is 4.74 Å². The highest BCUT2D eigenvalue weighted by atomic mass is 32.2. The average Bonchev–Trinajstić information content (AvgIpc) is 2.53. The smallest absolute Gasteiger partial charge is 0.313 e. The number of nitrogens with zero attached hydrogens (tertiary/aromatic N) is 1. The molecule has 0 unspecified atom stereocenters. The number of aromatic nitrogens is 2. The molecule has 0 aliphatic heterocycles. The van der Waals surface area contributed by atoms with E-state index in [2.05, 4.69) is 9.97 Å². The molecule has 23 heavy (non-hydrogen) atoms. The van der Waals surface area contributed by atoms with E-state index in [-0.39, 0.29) is 30.1 Å². The molecule has 0 atom stereocenters. The second-order valence-corrected chi connectivity index (χ2v) is 5.58. The van der Waals surface area contributed by atoms with E-state index in [1.807, 2.05) is 30.3 Å². The van der Waals surface area contributed by atoms with Gasteiger partial charge >= 0.3 is 5.97 Å². The van der Waals surface area contributed by atoms with E-state index >= 15 is 0 Å². The summed E-state index contributed by atoms with van der Waals surface area (Å²) < 4.78 is 4.72. The number of ketones is 1. The van der Waals surface area contributed by atoms with Gasteiger partial charge in [0, 0.05) is 11.6 Å². The summed E-state index contributed by atoms with van der Waals surface area (Å²) in [6.07, 6.45) is -0.274. The molecule has 1 aromatic carbocycles. The maximum Gasteiger partial charge on any atom is 0.313 e. The Morgan fingerprint density at radius 2 is 2.00 bits per heavy atom. The van der Waals surface area contributed by atoms with Crippen LogP contribution in [0.1, 0.15) is 13.3 Å². The Hall–Kier alpha value is -2.41. The molecular weight excluding hydrogens is 316 g/mol. The third-order valence-corrected chi connectivity index (χ3v) is 3.74. The first-order valence-electron chi connectivity index (χ1n) is 7.05. The van der Waals surface area contributed by atoms with Gasteiger partial charge in [-0.1, -0.05) is 42.1 Å². The lowest BCUT2D eigenvalue weighted by Gasteiger charge is -2.04. The molecule has 0 fully saturated rings. The van der Waals surface area contributed by atoms with Gasteiger partial charge in [0.25, 0.3) is 5.56 Å². The Kier molecular flexibility index (Phi) is 6.10. The van der Waals surface area contributed by atoms with Crippen LogP contribution in [0.25, 0.3) is 11.3 Å². The molecule has 0 radical (unpaired) electrons. The zero-order valence-corrected chi connectivity index (χ0v) is 13.4. The number of ether oxygens (including phenoxy) is 1. The molecule has 1 N–H and O–H groups in total. The zero-order valence-electron chi connectivity index (χ0n) is 12.6. The Morgan fingerprint density at radius 3 is 2.70 bits per heavy atom. The molecule has 0 aliphatic rings. The van der Waals surface area contributed by atoms with Crippen LogP contribution >= 0.6 is 11.8 Å². The van der Waals surface area contributed by atoms with Crippen LogP contribution in [-0.4, -0.2) is 34.1 Å². The van der Waals surface area contributed by atoms with Crippen LogP contribution < -0.4 is 5.56 Å². The van der Waals surface area contributed by atoms with Crippen molar-refractivity contribution < 1.29 is 14.3 Å². The van der Waals surface area contributed by atoms with E-state index in [0.717, 1.165) is 17.3 Å².